The van der Waals surface area contributed by atoms with Gasteiger partial charge in [-0.05, 0) is 50.0 Å². The van der Waals surface area contributed by atoms with Gasteiger partial charge < -0.3 is 4.74 Å². The van der Waals surface area contributed by atoms with Gasteiger partial charge in [-0.15, -0.1) is 5.10 Å². The molecule has 138 valence electrons. The largest absolute Gasteiger partial charge is 0.478 e. The van der Waals surface area contributed by atoms with E-state index in [1.807, 2.05) is 23.2 Å². The second kappa shape index (κ2) is 8.61. The SMILES string of the molecule is CC(C)C1CC(OCCN2CCCCC2)=NN1c1ccc(Cl)c(Cl)c1. The monoisotopic (exact) mass is 383 g/mol. The highest BCUT2D eigenvalue weighted by Crippen LogP contribution is 2.33. The fourth-order valence-electron chi connectivity index (χ4n) is 3.46. The first-order valence-corrected chi connectivity index (χ1v) is 9.97. The Balaban J connectivity index is 1.63. The summed E-state index contributed by atoms with van der Waals surface area (Å²) in [4.78, 5) is 2.48. The molecular formula is C19H27Cl2N3O. The maximum absolute atomic E-state index is 6.18. The van der Waals surface area contributed by atoms with Gasteiger partial charge in [-0.25, -0.2) is 0 Å². The van der Waals surface area contributed by atoms with Crippen LogP contribution in [0.15, 0.2) is 23.3 Å². The van der Waals surface area contributed by atoms with Crippen LogP contribution in [0.2, 0.25) is 10.0 Å². The van der Waals surface area contributed by atoms with Crippen LogP contribution in [0.5, 0.6) is 0 Å². The van der Waals surface area contributed by atoms with Gasteiger partial charge in [-0.3, -0.25) is 9.91 Å². The van der Waals surface area contributed by atoms with E-state index >= 15 is 0 Å². The third-order valence-corrected chi connectivity index (χ3v) is 5.72. The molecule has 1 fully saturated rings. The Kier molecular flexibility index (Phi) is 6.48. The Bertz CT molecular complexity index is 615. The summed E-state index contributed by atoms with van der Waals surface area (Å²) in [7, 11) is 0. The van der Waals surface area contributed by atoms with Crippen LogP contribution >= 0.6 is 23.2 Å². The van der Waals surface area contributed by atoms with Gasteiger partial charge in [-0.1, -0.05) is 43.5 Å². The third-order valence-electron chi connectivity index (χ3n) is 4.98. The second-order valence-electron chi connectivity index (χ2n) is 7.20. The molecule has 1 aromatic carbocycles. The van der Waals surface area contributed by atoms with Crippen molar-refractivity contribution < 1.29 is 4.74 Å². The maximum atomic E-state index is 6.18. The number of halogens is 2. The molecule has 1 atom stereocenters. The Labute approximate surface area is 160 Å². The predicted molar refractivity (Wildman–Crippen MR) is 106 cm³/mol. The summed E-state index contributed by atoms with van der Waals surface area (Å²) in [5.41, 5.74) is 0.961. The highest BCUT2D eigenvalue weighted by molar-refractivity contribution is 6.42. The molecule has 0 aliphatic carbocycles. The van der Waals surface area contributed by atoms with Gasteiger partial charge in [0.2, 0.25) is 5.90 Å². The Morgan fingerprint density at radius 1 is 1.16 bits per heavy atom. The van der Waals surface area contributed by atoms with Crippen molar-refractivity contribution >= 4 is 34.8 Å². The van der Waals surface area contributed by atoms with Crippen LogP contribution in [0.3, 0.4) is 0 Å². The minimum absolute atomic E-state index is 0.280. The second-order valence-corrected chi connectivity index (χ2v) is 8.02. The quantitative estimate of drug-likeness (QED) is 0.712. The molecular weight excluding hydrogens is 357 g/mol. The van der Waals surface area contributed by atoms with Crippen LogP contribution in [-0.2, 0) is 4.74 Å². The standard InChI is InChI=1S/C19H27Cl2N3O/c1-14(2)18-13-19(25-11-10-23-8-4-3-5-9-23)22-24(18)15-6-7-16(20)17(21)12-15/h6-7,12,14,18H,3-5,8-11,13H2,1-2H3. The van der Waals surface area contributed by atoms with Crippen LogP contribution < -0.4 is 5.01 Å². The lowest BCUT2D eigenvalue weighted by Gasteiger charge is -2.26. The Morgan fingerprint density at radius 3 is 2.60 bits per heavy atom. The maximum Gasteiger partial charge on any atom is 0.208 e. The predicted octanol–water partition coefficient (Wildman–Crippen LogP) is 5.04. The van der Waals surface area contributed by atoms with Crippen LogP contribution in [0.1, 0.15) is 39.5 Å². The molecule has 0 saturated carbocycles. The molecule has 1 unspecified atom stereocenters. The lowest BCUT2D eigenvalue weighted by molar-refractivity contribution is 0.176. The highest BCUT2D eigenvalue weighted by atomic mass is 35.5. The summed E-state index contributed by atoms with van der Waals surface area (Å²) in [6, 6.07) is 5.94. The van der Waals surface area contributed by atoms with E-state index in [1.54, 1.807) is 0 Å². The molecule has 1 saturated heterocycles. The average molecular weight is 384 g/mol. The smallest absolute Gasteiger partial charge is 0.208 e. The zero-order valence-corrected chi connectivity index (χ0v) is 16.6. The summed E-state index contributed by atoms with van der Waals surface area (Å²) < 4.78 is 6.00. The number of piperidine rings is 1. The molecule has 2 heterocycles. The van der Waals surface area contributed by atoms with Crippen LogP contribution in [0, 0.1) is 5.92 Å². The summed E-state index contributed by atoms with van der Waals surface area (Å²) in [5.74, 6) is 1.28. The summed E-state index contributed by atoms with van der Waals surface area (Å²) in [5, 5.41) is 7.87. The van der Waals surface area contributed by atoms with Gasteiger partial charge >= 0.3 is 0 Å². The summed E-state index contributed by atoms with van der Waals surface area (Å²) in [6.07, 6.45) is 4.81. The molecule has 0 amide bonds. The van der Waals surface area contributed by atoms with E-state index in [0.717, 1.165) is 24.6 Å². The number of anilines is 1. The van der Waals surface area contributed by atoms with Gasteiger partial charge in [0, 0.05) is 13.0 Å². The van der Waals surface area contributed by atoms with E-state index in [4.69, 9.17) is 33.0 Å². The van der Waals surface area contributed by atoms with E-state index < -0.39 is 0 Å². The Hall–Kier alpha value is -0.970. The zero-order chi connectivity index (χ0) is 17.8. The van der Waals surface area contributed by atoms with Gasteiger partial charge in [-0.2, -0.15) is 0 Å². The van der Waals surface area contributed by atoms with Gasteiger partial charge in [0.05, 0.1) is 21.8 Å². The van der Waals surface area contributed by atoms with E-state index in [-0.39, 0.29) is 6.04 Å². The van der Waals surface area contributed by atoms with Gasteiger partial charge in [0.25, 0.3) is 0 Å². The Morgan fingerprint density at radius 2 is 1.92 bits per heavy atom. The number of hydrogen-bond acceptors (Lipinski definition) is 4. The topological polar surface area (TPSA) is 28.1 Å². The summed E-state index contributed by atoms with van der Waals surface area (Å²) >= 11 is 12.2. The third kappa shape index (κ3) is 4.81. The van der Waals surface area contributed by atoms with E-state index in [1.165, 1.54) is 32.4 Å². The minimum Gasteiger partial charge on any atom is -0.478 e. The first kappa shape index (κ1) is 18.8. The molecule has 0 aromatic heterocycles. The molecule has 2 aliphatic rings. The number of likely N-dealkylation sites (tertiary alicyclic amines) is 1. The average Bonchev–Trinajstić information content (AvgIpc) is 3.03. The van der Waals surface area contributed by atoms with Crippen molar-refractivity contribution in [3.05, 3.63) is 28.2 Å². The molecule has 25 heavy (non-hydrogen) atoms. The first-order valence-electron chi connectivity index (χ1n) is 9.21. The normalized spacial score (nSPS) is 21.7. The van der Waals surface area contributed by atoms with E-state index in [2.05, 4.69) is 18.7 Å². The van der Waals surface area contributed by atoms with Crippen LogP contribution in [0.4, 0.5) is 5.69 Å². The van der Waals surface area contributed by atoms with Crippen molar-refractivity contribution in [2.45, 2.75) is 45.6 Å². The lowest BCUT2D eigenvalue weighted by Crippen LogP contribution is -2.33. The van der Waals surface area contributed by atoms with E-state index in [0.29, 0.717) is 22.6 Å². The molecule has 0 radical (unpaired) electrons. The first-order chi connectivity index (χ1) is 12.0. The van der Waals surface area contributed by atoms with Crippen molar-refractivity contribution in [1.82, 2.24) is 4.90 Å². The molecule has 0 bridgehead atoms. The molecule has 0 N–H and O–H groups in total. The fourth-order valence-corrected chi connectivity index (χ4v) is 3.75. The molecule has 2 aliphatic heterocycles. The number of nitrogens with zero attached hydrogens (tertiary/aromatic N) is 3. The van der Waals surface area contributed by atoms with Crippen LogP contribution in [0.25, 0.3) is 0 Å². The van der Waals surface area contributed by atoms with E-state index in [9.17, 15) is 0 Å². The minimum atomic E-state index is 0.280. The number of ether oxygens (including phenoxy) is 1. The summed E-state index contributed by atoms with van der Waals surface area (Å²) in [6.45, 7) is 8.50. The number of hydrogen-bond donors (Lipinski definition) is 0. The van der Waals surface area contributed by atoms with Crippen LogP contribution in [-0.4, -0.2) is 43.1 Å². The molecule has 6 heteroatoms. The van der Waals surface area contributed by atoms with Crippen molar-refractivity contribution in [3.63, 3.8) is 0 Å². The molecule has 1 aromatic rings. The number of benzene rings is 1. The van der Waals surface area contributed by atoms with Crippen molar-refractivity contribution in [2.75, 3.05) is 31.3 Å². The fraction of sp³-hybridized carbons (Fsp3) is 0.632. The van der Waals surface area contributed by atoms with Crippen molar-refractivity contribution in [3.8, 4) is 0 Å². The van der Waals surface area contributed by atoms with Crippen molar-refractivity contribution in [1.29, 1.82) is 0 Å². The highest BCUT2D eigenvalue weighted by Gasteiger charge is 2.31. The zero-order valence-electron chi connectivity index (χ0n) is 15.0. The number of hydrazone groups is 1. The van der Waals surface area contributed by atoms with Gasteiger partial charge in [0.15, 0.2) is 0 Å². The molecule has 3 rings (SSSR count). The van der Waals surface area contributed by atoms with Crippen molar-refractivity contribution in [2.24, 2.45) is 11.0 Å². The van der Waals surface area contributed by atoms with Gasteiger partial charge in [0.1, 0.15) is 6.61 Å². The molecule has 0 spiro atoms. The number of rotatable bonds is 5. The lowest BCUT2D eigenvalue weighted by atomic mass is 10.0. The molecule has 4 nitrogen and oxygen atoms in total.